The van der Waals surface area contributed by atoms with Gasteiger partial charge in [0.05, 0.1) is 7.05 Å². The van der Waals surface area contributed by atoms with Crippen molar-refractivity contribution >= 4 is 0 Å². The van der Waals surface area contributed by atoms with E-state index in [1.807, 2.05) is 6.07 Å². The molecule has 0 radical (unpaired) electrons. The van der Waals surface area contributed by atoms with E-state index in [2.05, 4.69) is 38.9 Å². The van der Waals surface area contributed by atoms with Crippen molar-refractivity contribution in [2.45, 2.75) is 51.1 Å². The molecule has 1 aliphatic carbocycles. The topological polar surface area (TPSA) is 55.6 Å². The number of aryl methyl sites for hydroxylation is 1. The molecule has 1 heterocycles. The van der Waals surface area contributed by atoms with Crippen LogP contribution in [0.4, 0.5) is 0 Å². The van der Waals surface area contributed by atoms with Crippen LogP contribution in [0.15, 0.2) is 24.3 Å². The summed E-state index contributed by atoms with van der Waals surface area (Å²) in [6, 6.07) is 9.08. The van der Waals surface area contributed by atoms with Crippen LogP contribution < -0.4 is 5.32 Å². The number of benzene rings is 1. The summed E-state index contributed by atoms with van der Waals surface area (Å²) in [5, 5.41) is 15.9. The van der Waals surface area contributed by atoms with Crippen LogP contribution in [-0.2, 0) is 13.6 Å². The summed E-state index contributed by atoms with van der Waals surface area (Å²) in [6.45, 7) is 0.915. The molecule has 1 fully saturated rings. The molecule has 1 aromatic heterocycles. The standard InChI is InChI=1S/C16H23N5/c1-21-19-16(18-20-21)14-8-6-7-13(11-14)12-17-15-9-4-2-3-5-10-15/h6-8,11,15,17H,2-5,9-10,12H2,1H3. The Morgan fingerprint density at radius 2 is 2.00 bits per heavy atom. The van der Waals surface area contributed by atoms with E-state index in [4.69, 9.17) is 0 Å². The van der Waals surface area contributed by atoms with E-state index in [0.29, 0.717) is 11.9 Å². The zero-order chi connectivity index (χ0) is 14.5. The largest absolute Gasteiger partial charge is 0.310 e. The zero-order valence-corrected chi connectivity index (χ0v) is 12.6. The first-order valence-corrected chi connectivity index (χ1v) is 7.88. The highest BCUT2D eigenvalue weighted by Gasteiger charge is 2.11. The van der Waals surface area contributed by atoms with Gasteiger partial charge in [-0.1, -0.05) is 43.9 Å². The molecular formula is C16H23N5. The third-order valence-corrected chi connectivity index (χ3v) is 4.14. The molecule has 0 aliphatic heterocycles. The first kappa shape index (κ1) is 14.2. The normalized spacial score (nSPS) is 16.8. The quantitative estimate of drug-likeness (QED) is 0.878. The van der Waals surface area contributed by atoms with Crippen molar-refractivity contribution in [2.24, 2.45) is 7.05 Å². The first-order chi connectivity index (χ1) is 10.3. The lowest BCUT2D eigenvalue weighted by atomic mass is 10.1. The highest BCUT2D eigenvalue weighted by atomic mass is 15.6. The molecular weight excluding hydrogens is 262 g/mol. The van der Waals surface area contributed by atoms with Gasteiger partial charge in [0.1, 0.15) is 0 Å². The average Bonchev–Trinajstić information content (AvgIpc) is 2.78. The van der Waals surface area contributed by atoms with Crippen molar-refractivity contribution in [1.29, 1.82) is 0 Å². The molecule has 5 heteroatoms. The van der Waals surface area contributed by atoms with Gasteiger partial charge in [-0.25, -0.2) is 0 Å². The molecule has 112 valence electrons. The Morgan fingerprint density at radius 3 is 2.71 bits per heavy atom. The fraction of sp³-hybridized carbons (Fsp3) is 0.562. The predicted molar refractivity (Wildman–Crippen MR) is 82.6 cm³/mol. The van der Waals surface area contributed by atoms with Gasteiger partial charge in [-0.05, 0) is 29.7 Å². The second-order valence-corrected chi connectivity index (χ2v) is 5.87. The minimum absolute atomic E-state index is 0.672. The van der Waals surface area contributed by atoms with E-state index in [1.165, 1.54) is 48.9 Å². The van der Waals surface area contributed by atoms with Crippen molar-refractivity contribution in [2.75, 3.05) is 0 Å². The first-order valence-electron chi connectivity index (χ1n) is 7.88. The Hall–Kier alpha value is -1.75. The van der Waals surface area contributed by atoms with Gasteiger partial charge in [-0.15, -0.1) is 10.2 Å². The maximum atomic E-state index is 4.26. The minimum atomic E-state index is 0.672. The van der Waals surface area contributed by atoms with Gasteiger partial charge in [-0.3, -0.25) is 0 Å². The second-order valence-electron chi connectivity index (χ2n) is 5.87. The Labute approximate surface area is 125 Å². The molecule has 1 aromatic carbocycles. The monoisotopic (exact) mass is 285 g/mol. The van der Waals surface area contributed by atoms with Crippen molar-refractivity contribution in [3.63, 3.8) is 0 Å². The highest BCUT2D eigenvalue weighted by Crippen LogP contribution is 2.19. The van der Waals surface area contributed by atoms with Crippen LogP contribution in [0.1, 0.15) is 44.1 Å². The van der Waals surface area contributed by atoms with Crippen molar-refractivity contribution in [3.8, 4) is 11.4 Å². The molecule has 0 saturated heterocycles. The number of aromatic nitrogens is 4. The van der Waals surface area contributed by atoms with E-state index >= 15 is 0 Å². The van der Waals surface area contributed by atoms with E-state index < -0.39 is 0 Å². The molecule has 3 rings (SSSR count). The molecule has 0 unspecified atom stereocenters. The maximum absolute atomic E-state index is 4.26. The lowest BCUT2D eigenvalue weighted by Crippen LogP contribution is -2.27. The van der Waals surface area contributed by atoms with Gasteiger partial charge in [0.2, 0.25) is 5.82 Å². The lowest BCUT2D eigenvalue weighted by Gasteiger charge is -2.16. The number of nitrogens with zero attached hydrogens (tertiary/aromatic N) is 4. The fourth-order valence-electron chi connectivity index (χ4n) is 2.97. The van der Waals surface area contributed by atoms with Crippen LogP contribution >= 0.6 is 0 Å². The van der Waals surface area contributed by atoms with Crippen LogP contribution in [0.2, 0.25) is 0 Å². The number of rotatable bonds is 4. The molecule has 0 amide bonds. The molecule has 1 aliphatic rings. The second kappa shape index (κ2) is 6.80. The van der Waals surface area contributed by atoms with Crippen LogP contribution in [0.25, 0.3) is 11.4 Å². The molecule has 1 N–H and O–H groups in total. The van der Waals surface area contributed by atoms with Crippen LogP contribution in [-0.4, -0.2) is 26.2 Å². The predicted octanol–water partition coefficient (Wildman–Crippen LogP) is 2.69. The maximum Gasteiger partial charge on any atom is 0.204 e. The Bertz CT molecular complexity index is 570. The molecule has 21 heavy (non-hydrogen) atoms. The summed E-state index contributed by atoms with van der Waals surface area (Å²) in [6.07, 6.45) is 8.14. The summed E-state index contributed by atoms with van der Waals surface area (Å²) < 4.78 is 0. The summed E-state index contributed by atoms with van der Waals surface area (Å²) in [5.74, 6) is 0.689. The van der Waals surface area contributed by atoms with Gasteiger partial charge in [-0.2, -0.15) is 4.80 Å². The number of nitrogens with one attached hydrogen (secondary N) is 1. The summed E-state index contributed by atoms with van der Waals surface area (Å²) in [7, 11) is 1.79. The third-order valence-electron chi connectivity index (χ3n) is 4.14. The third kappa shape index (κ3) is 3.88. The van der Waals surface area contributed by atoms with E-state index in [0.717, 1.165) is 12.1 Å². The lowest BCUT2D eigenvalue weighted by molar-refractivity contribution is 0.459. The van der Waals surface area contributed by atoms with E-state index in [-0.39, 0.29) is 0 Å². The van der Waals surface area contributed by atoms with Gasteiger partial charge < -0.3 is 5.32 Å². The Kier molecular flexibility index (Phi) is 4.60. The molecule has 0 atom stereocenters. The van der Waals surface area contributed by atoms with Crippen LogP contribution in [0, 0.1) is 0 Å². The zero-order valence-electron chi connectivity index (χ0n) is 12.6. The van der Waals surface area contributed by atoms with Gasteiger partial charge in [0, 0.05) is 18.2 Å². The van der Waals surface area contributed by atoms with Gasteiger partial charge in [0.15, 0.2) is 0 Å². The molecule has 0 spiro atoms. The Morgan fingerprint density at radius 1 is 1.19 bits per heavy atom. The molecule has 2 aromatic rings. The van der Waals surface area contributed by atoms with Gasteiger partial charge >= 0.3 is 0 Å². The molecule has 5 nitrogen and oxygen atoms in total. The van der Waals surface area contributed by atoms with E-state index in [9.17, 15) is 0 Å². The van der Waals surface area contributed by atoms with Gasteiger partial charge in [0.25, 0.3) is 0 Å². The number of hydrogen-bond donors (Lipinski definition) is 1. The SMILES string of the molecule is Cn1nnc(-c2cccc(CNC3CCCCCC3)c2)n1. The van der Waals surface area contributed by atoms with Crippen molar-refractivity contribution in [3.05, 3.63) is 29.8 Å². The van der Waals surface area contributed by atoms with Crippen molar-refractivity contribution < 1.29 is 0 Å². The summed E-state index contributed by atoms with van der Waals surface area (Å²) >= 11 is 0. The van der Waals surface area contributed by atoms with Crippen LogP contribution in [0.3, 0.4) is 0 Å². The molecule has 0 bridgehead atoms. The highest BCUT2D eigenvalue weighted by molar-refractivity contribution is 5.54. The Balaban J connectivity index is 1.63. The van der Waals surface area contributed by atoms with Crippen LogP contribution in [0.5, 0.6) is 0 Å². The van der Waals surface area contributed by atoms with E-state index in [1.54, 1.807) is 7.05 Å². The van der Waals surface area contributed by atoms with Crippen molar-refractivity contribution in [1.82, 2.24) is 25.5 Å². The summed E-state index contributed by atoms with van der Waals surface area (Å²) in [4.78, 5) is 1.49. The average molecular weight is 285 g/mol. The number of hydrogen-bond acceptors (Lipinski definition) is 4. The number of tetrazole rings is 1. The molecule has 1 saturated carbocycles. The smallest absolute Gasteiger partial charge is 0.204 e. The minimum Gasteiger partial charge on any atom is -0.310 e. The fourth-order valence-corrected chi connectivity index (χ4v) is 2.97. The summed E-state index contributed by atoms with van der Waals surface area (Å²) in [5.41, 5.74) is 2.31.